The fraction of sp³-hybridized carbons (Fsp3) is 0.500. The number of nitrogens with one attached hydrogen (secondary N) is 2. The highest BCUT2D eigenvalue weighted by Crippen LogP contribution is 2.25. The van der Waals surface area contributed by atoms with Gasteiger partial charge in [-0.15, -0.1) is 0 Å². The number of anilines is 1. The molecule has 2 N–H and O–H groups in total. The number of sulfonamides is 1. The van der Waals surface area contributed by atoms with Crippen LogP contribution in [-0.2, 0) is 14.8 Å². The molecule has 0 spiro atoms. The maximum Gasteiger partial charge on any atom is 0.235 e. The molecule has 1 aliphatic rings. The lowest BCUT2D eigenvalue weighted by molar-refractivity contribution is 0.127. The molecule has 0 saturated carbocycles. The van der Waals surface area contributed by atoms with Gasteiger partial charge in [-0.2, -0.15) is 15.4 Å². The molecule has 0 radical (unpaired) electrons. The van der Waals surface area contributed by atoms with E-state index < -0.39 is 10.0 Å². The summed E-state index contributed by atoms with van der Waals surface area (Å²) in [7, 11) is -3.47. The predicted molar refractivity (Wildman–Crippen MR) is 75.0 cm³/mol. The van der Waals surface area contributed by atoms with E-state index in [1.165, 1.54) is 0 Å². The van der Waals surface area contributed by atoms with Crippen molar-refractivity contribution in [1.29, 1.82) is 0 Å². The van der Waals surface area contributed by atoms with Crippen molar-refractivity contribution in [2.24, 2.45) is 0 Å². The zero-order chi connectivity index (χ0) is 14.2. The largest absolute Gasteiger partial charge is 0.377 e. The number of H-pyrrole nitrogens is 1. The normalized spacial score (nSPS) is 19.6. The lowest BCUT2D eigenvalue weighted by Crippen LogP contribution is -2.26. The summed E-state index contributed by atoms with van der Waals surface area (Å²) in [5.74, 6) is -0.0271. The Kier molecular flexibility index (Phi) is 3.35. The van der Waals surface area contributed by atoms with E-state index in [9.17, 15) is 8.42 Å². The molecule has 0 bridgehead atoms. The van der Waals surface area contributed by atoms with Crippen LogP contribution >= 0.6 is 0 Å². The molecule has 20 heavy (non-hydrogen) atoms. The quantitative estimate of drug-likeness (QED) is 0.883. The van der Waals surface area contributed by atoms with E-state index in [1.54, 1.807) is 6.07 Å². The van der Waals surface area contributed by atoms with Gasteiger partial charge in [0.15, 0.2) is 0 Å². The molecule has 2 heterocycles. The van der Waals surface area contributed by atoms with E-state index in [4.69, 9.17) is 4.74 Å². The van der Waals surface area contributed by atoms with Crippen LogP contribution in [0.1, 0.15) is 18.4 Å². The van der Waals surface area contributed by atoms with Crippen molar-refractivity contribution < 1.29 is 13.2 Å². The second-order valence-electron chi connectivity index (χ2n) is 4.97. The molecule has 3 rings (SSSR count). The third-order valence-corrected chi connectivity index (χ3v) is 4.71. The predicted octanol–water partition coefficient (Wildman–Crippen LogP) is 1.19. The van der Waals surface area contributed by atoms with Gasteiger partial charge in [-0.1, -0.05) is 6.07 Å². The standard InChI is InChI=1S/C12H16N4O3S/c1-8-4-5-10-12(14-16-13-10)11(8)15-20(17,18)7-9-3-2-6-19-9/h4-5,9,15H,2-3,6-7H2,1H3,(H,13,14,16). The van der Waals surface area contributed by atoms with Crippen LogP contribution in [0.4, 0.5) is 5.69 Å². The minimum absolute atomic E-state index is 0.0271. The Hall–Kier alpha value is -1.67. The molecule has 8 heteroatoms. The molecule has 1 aliphatic heterocycles. The van der Waals surface area contributed by atoms with Gasteiger partial charge in [0.25, 0.3) is 0 Å². The fourth-order valence-corrected chi connectivity index (χ4v) is 3.76. The van der Waals surface area contributed by atoms with Crippen LogP contribution in [0.3, 0.4) is 0 Å². The van der Waals surface area contributed by atoms with Crippen LogP contribution < -0.4 is 4.72 Å². The number of aromatic nitrogens is 3. The van der Waals surface area contributed by atoms with Crippen molar-refractivity contribution in [1.82, 2.24) is 15.4 Å². The molecule has 1 atom stereocenters. The number of rotatable bonds is 4. The van der Waals surface area contributed by atoms with E-state index in [0.29, 0.717) is 23.3 Å². The number of fused-ring (bicyclic) bond motifs is 1. The topological polar surface area (TPSA) is 97.0 Å². The van der Waals surface area contributed by atoms with E-state index >= 15 is 0 Å². The maximum absolute atomic E-state index is 12.2. The third-order valence-electron chi connectivity index (χ3n) is 3.38. The molecule has 1 aromatic heterocycles. The number of hydrogen-bond acceptors (Lipinski definition) is 5. The number of benzene rings is 1. The van der Waals surface area contributed by atoms with Gasteiger partial charge in [0.05, 0.1) is 17.5 Å². The lowest BCUT2D eigenvalue weighted by atomic mass is 10.2. The Morgan fingerprint density at radius 1 is 1.45 bits per heavy atom. The molecule has 108 valence electrons. The average molecular weight is 296 g/mol. The summed E-state index contributed by atoms with van der Waals surface area (Å²) in [5.41, 5.74) is 2.45. The lowest BCUT2D eigenvalue weighted by Gasteiger charge is -2.13. The second-order valence-corrected chi connectivity index (χ2v) is 6.73. The Morgan fingerprint density at radius 2 is 2.30 bits per heavy atom. The molecule has 2 aromatic rings. The van der Waals surface area contributed by atoms with Gasteiger partial charge in [0.2, 0.25) is 10.0 Å². The van der Waals surface area contributed by atoms with Crippen LogP contribution in [0.2, 0.25) is 0 Å². The van der Waals surface area contributed by atoms with Gasteiger partial charge < -0.3 is 4.74 Å². The summed E-state index contributed by atoms with van der Waals surface area (Å²) >= 11 is 0. The van der Waals surface area contributed by atoms with Gasteiger partial charge in [-0.25, -0.2) is 8.42 Å². The number of aromatic amines is 1. The third kappa shape index (κ3) is 2.61. The van der Waals surface area contributed by atoms with Crippen LogP contribution in [0.25, 0.3) is 11.0 Å². The molecule has 1 saturated heterocycles. The molecule has 0 amide bonds. The van der Waals surface area contributed by atoms with Crippen LogP contribution in [0.5, 0.6) is 0 Å². The van der Waals surface area contributed by atoms with Gasteiger partial charge in [-0.05, 0) is 31.4 Å². The summed E-state index contributed by atoms with van der Waals surface area (Å²) < 4.78 is 32.4. The van der Waals surface area contributed by atoms with Crippen molar-refractivity contribution in [3.8, 4) is 0 Å². The summed E-state index contributed by atoms with van der Waals surface area (Å²) in [4.78, 5) is 0. The Morgan fingerprint density at radius 3 is 3.05 bits per heavy atom. The molecular weight excluding hydrogens is 280 g/mol. The summed E-state index contributed by atoms with van der Waals surface area (Å²) in [6, 6.07) is 3.61. The Bertz CT molecular complexity index is 719. The van der Waals surface area contributed by atoms with Crippen molar-refractivity contribution in [2.45, 2.75) is 25.9 Å². The minimum atomic E-state index is -3.47. The molecular formula is C12H16N4O3S. The van der Waals surface area contributed by atoms with E-state index in [0.717, 1.165) is 18.4 Å². The van der Waals surface area contributed by atoms with Gasteiger partial charge in [0, 0.05) is 6.61 Å². The van der Waals surface area contributed by atoms with E-state index in [2.05, 4.69) is 20.1 Å². The number of ether oxygens (including phenoxy) is 1. The minimum Gasteiger partial charge on any atom is -0.377 e. The zero-order valence-electron chi connectivity index (χ0n) is 11.1. The van der Waals surface area contributed by atoms with Crippen molar-refractivity contribution in [3.63, 3.8) is 0 Å². The van der Waals surface area contributed by atoms with E-state index in [-0.39, 0.29) is 11.9 Å². The Balaban J connectivity index is 1.88. The first-order valence-corrected chi connectivity index (χ1v) is 8.12. The Labute approximate surface area is 116 Å². The van der Waals surface area contributed by atoms with Crippen LogP contribution in [0.15, 0.2) is 12.1 Å². The zero-order valence-corrected chi connectivity index (χ0v) is 11.9. The first-order chi connectivity index (χ1) is 9.55. The first kappa shape index (κ1) is 13.3. The number of aryl methyl sites for hydroxylation is 1. The smallest absolute Gasteiger partial charge is 0.235 e. The van der Waals surface area contributed by atoms with E-state index in [1.807, 2.05) is 13.0 Å². The molecule has 7 nitrogen and oxygen atoms in total. The second kappa shape index (κ2) is 5.02. The molecule has 1 aromatic carbocycles. The number of nitrogens with zero attached hydrogens (tertiary/aromatic N) is 2. The highest BCUT2D eigenvalue weighted by molar-refractivity contribution is 7.92. The molecule has 1 fully saturated rings. The number of hydrogen-bond donors (Lipinski definition) is 2. The van der Waals surface area contributed by atoms with Gasteiger partial charge >= 0.3 is 0 Å². The highest BCUT2D eigenvalue weighted by atomic mass is 32.2. The summed E-state index contributed by atoms with van der Waals surface area (Å²) in [6.45, 7) is 2.47. The monoisotopic (exact) mass is 296 g/mol. The SMILES string of the molecule is Cc1ccc2n[nH]nc2c1NS(=O)(=O)CC1CCCO1. The summed E-state index contributed by atoms with van der Waals surface area (Å²) in [6.07, 6.45) is 1.48. The van der Waals surface area contributed by atoms with Gasteiger partial charge in [-0.3, -0.25) is 4.72 Å². The van der Waals surface area contributed by atoms with Crippen LogP contribution in [0, 0.1) is 6.92 Å². The average Bonchev–Trinajstić information content (AvgIpc) is 3.02. The van der Waals surface area contributed by atoms with Crippen molar-refractivity contribution in [2.75, 3.05) is 17.1 Å². The van der Waals surface area contributed by atoms with Crippen LogP contribution in [-0.4, -0.2) is 42.3 Å². The highest BCUT2D eigenvalue weighted by Gasteiger charge is 2.24. The van der Waals surface area contributed by atoms with Crippen molar-refractivity contribution >= 4 is 26.7 Å². The molecule has 1 unspecified atom stereocenters. The van der Waals surface area contributed by atoms with Gasteiger partial charge in [0.1, 0.15) is 11.0 Å². The molecule has 0 aliphatic carbocycles. The maximum atomic E-state index is 12.2. The first-order valence-electron chi connectivity index (χ1n) is 6.47. The fourth-order valence-electron chi connectivity index (χ4n) is 2.36. The summed E-state index contributed by atoms with van der Waals surface area (Å²) in [5, 5.41) is 10.5. The van der Waals surface area contributed by atoms with Crippen molar-refractivity contribution in [3.05, 3.63) is 17.7 Å².